The lowest BCUT2D eigenvalue weighted by molar-refractivity contribution is 0.116. The summed E-state index contributed by atoms with van der Waals surface area (Å²) in [6.45, 7) is 2.88. The molecule has 19 heavy (non-hydrogen) atoms. The molecule has 1 N–H and O–H groups in total. The third kappa shape index (κ3) is 2.52. The molecule has 1 aliphatic rings. The van der Waals surface area contributed by atoms with Gasteiger partial charge >= 0.3 is 0 Å². The van der Waals surface area contributed by atoms with Crippen molar-refractivity contribution in [3.63, 3.8) is 0 Å². The molecule has 2 aromatic rings. The van der Waals surface area contributed by atoms with Crippen molar-refractivity contribution in [2.24, 2.45) is 0 Å². The van der Waals surface area contributed by atoms with Gasteiger partial charge in [-0.1, -0.05) is 35.0 Å². The van der Waals surface area contributed by atoms with Crippen molar-refractivity contribution < 1.29 is 9.26 Å². The number of nitrogens with one attached hydrogen (secondary N) is 1. The van der Waals surface area contributed by atoms with Gasteiger partial charge in [0.1, 0.15) is 0 Å². The van der Waals surface area contributed by atoms with Gasteiger partial charge in [-0.25, -0.2) is 0 Å². The SMILES string of the molecule is CO[C@@H]1CN[C@@H](c2nc(-c3ccc(C)cc3)no2)C1. The largest absolute Gasteiger partial charge is 0.380 e. The molecule has 0 bridgehead atoms. The van der Waals surface area contributed by atoms with Crippen molar-refractivity contribution in [1.82, 2.24) is 15.5 Å². The highest BCUT2D eigenvalue weighted by Gasteiger charge is 2.29. The molecule has 0 spiro atoms. The van der Waals surface area contributed by atoms with E-state index in [2.05, 4.69) is 22.4 Å². The second-order valence-electron chi connectivity index (χ2n) is 4.88. The lowest BCUT2D eigenvalue weighted by Crippen LogP contribution is -2.16. The predicted octanol–water partition coefficient (Wildman–Crippen LogP) is 2.09. The molecule has 1 saturated heterocycles. The van der Waals surface area contributed by atoms with Crippen LogP contribution >= 0.6 is 0 Å². The Morgan fingerprint density at radius 3 is 2.79 bits per heavy atom. The van der Waals surface area contributed by atoms with Gasteiger partial charge in [0.25, 0.3) is 0 Å². The number of rotatable bonds is 3. The first-order chi connectivity index (χ1) is 9.26. The zero-order chi connectivity index (χ0) is 13.2. The predicted molar refractivity (Wildman–Crippen MR) is 70.6 cm³/mol. The van der Waals surface area contributed by atoms with E-state index in [1.54, 1.807) is 7.11 Å². The molecule has 5 heteroatoms. The van der Waals surface area contributed by atoms with Crippen LogP contribution in [0.2, 0.25) is 0 Å². The van der Waals surface area contributed by atoms with E-state index >= 15 is 0 Å². The van der Waals surface area contributed by atoms with Crippen LogP contribution in [0.15, 0.2) is 28.8 Å². The first kappa shape index (κ1) is 12.3. The molecular weight excluding hydrogens is 242 g/mol. The van der Waals surface area contributed by atoms with Crippen molar-refractivity contribution in [2.75, 3.05) is 13.7 Å². The Morgan fingerprint density at radius 2 is 2.11 bits per heavy atom. The summed E-state index contributed by atoms with van der Waals surface area (Å²) in [5.41, 5.74) is 2.19. The first-order valence-electron chi connectivity index (χ1n) is 6.43. The van der Waals surface area contributed by atoms with E-state index in [4.69, 9.17) is 9.26 Å². The number of aryl methyl sites for hydroxylation is 1. The van der Waals surface area contributed by atoms with Gasteiger partial charge in [0.05, 0.1) is 12.1 Å². The summed E-state index contributed by atoms with van der Waals surface area (Å²) in [6.07, 6.45) is 1.09. The van der Waals surface area contributed by atoms with Crippen molar-refractivity contribution in [2.45, 2.75) is 25.5 Å². The van der Waals surface area contributed by atoms with E-state index in [0.29, 0.717) is 11.7 Å². The molecule has 3 rings (SSSR count). The minimum atomic E-state index is 0.0941. The lowest BCUT2D eigenvalue weighted by atomic mass is 10.1. The Labute approximate surface area is 112 Å². The molecule has 0 amide bonds. The lowest BCUT2D eigenvalue weighted by Gasteiger charge is -2.04. The monoisotopic (exact) mass is 259 g/mol. The van der Waals surface area contributed by atoms with Crippen molar-refractivity contribution in [3.8, 4) is 11.4 Å². The highest BCUT2D eigenvalue weighted by Crippen LogP contribution is 2.25. The van der Waals surface area contributed by atoms with Gasteiger partial charge in [-0.15, -0.1) is 0 Å². The minimum absolute atomic E-state index is 0.0941. The third-order valence-corrected chi connectivity index (χ3v) is 3.47. The van der Waals surface area contributed by atoms with E-state index < -0.39 is 0 Å². The standard InChI is InChI=1S/C14H17N3O2/c1-9-3-5-10(6-4-9)13-16-14(19-17-13)12-7-11(18-2)8-15-12/h3-6,11-12,15H,7-8H2,1-2H3/t11-,12+/m0/s1. The fourth-order valence-corrected chi connectivity index (χ4v) is 2.27. The van der Waals surface area contributed by atoms with Crippen LogP contribution in [0.25, 0.3) is 11.4 Å². The topological polar surface area (TPSA) is 60.2 Å². The summed E-state index contributed by atoms with van der Waals surface area (Å²) >= 11 is 0. The van der Waals surface area contributed by atoms with Crippen LogP contribution in [0.1, 0.15) is 23.9 Å². The molecule has 1 aliphatic heterocycles. The van der Waals surface area contributed by atoms with E-state index in [-0.39, 0.29) is 12.1 Å². The highest BCUT2D eigenvalue weighted by atomic mass is 16.5. The van der Waals surface area contributed by atoms with Crippen LogP contribution in [0.3, 0.4) is 0 Å². The van der Waals surface area contributed by atoms with Crippen LogP contribution in [0, 0.1) is 6.92 Å². The average molecular weight is 259 g/mol. The van der Waals surface area contributed by atoms with Gasteiger partial charge in [-0.05, 0) is 13.3 Å². The Morgan fingerprint density at radius 1 is 1.32 bits per heavy atom. The molecule has 0 radical (unpaired) electrons. The highest BCUT2D eigenvalue weighted by molar-refractivity contribution is 5.54. The third-order valence-electron chi connectivity index (χ3n) is 3.47. The smallest absolute Gasteiger partial charge is 0.244 e. The maximum Gasteiger partial charge on any atom is 0.244 e. The number of benzene rings is 1. The second-order valence-corrected chi connectivity index (χ2v) is 4.88. The van der Waals surface area contributed by atoms with Crippen LogP contribution in [-0.2, 0) is 4.74 Å². The molecular formula is C14H17N3O2. The molecule has 1 aromatic carbocycles. The molecule has 2 heterocycles. The van der Waals surface area contributed by atoms with Gasteiger partial charge in [0.15, 0.2) is 0 Å². The summed E-state index contributed by atoms with van der Waals surface area (Å²) in [6, 6.07) is 8.19. The molecule has 0 unspecified atom stereocenters. The minimum Gasteiger partial charge on any atom is -0.380 e. The number of ether oxygens (including phenoxy) is 1. The zero-order valence-electron chi connectivity index (χ0n) is 11.1. The Balaban J connectivity index is 1.78. The molecule has 2 atom stereocenters. The van der Waals surface area contributed by atoms with Crippen LogP contribution in [0.5, 0.6) is 0 Å². The van der Waals surface area contributed by atoms with Crippen molar-refractivity contribution in [3.05, 3.63) is 35.7 Å². The van der Waals surface area contributed by atoms with E-state index in [1.165, 1.54) is 5.56 Å². The molecule has 100 valence electrons. The second kappa shape index (κ2) is 5.11. The van der Waals surface area contributed by atoms with E-state index in [9.17, 15) is 0 Å². The summed E-state index contributed by atoms with van der Waals surface area (Å²) in [5, 5.41) is 7.37. The maximum absolute atomic E-state index is 5.35. The van der Waals surface area contributed by atoms with E-state index in [1.807, 2.05) is 24.3 Å². The van der Waals surface area contributed by atoms with Crippen LogP contribution < -0.4 is 5.32 Å². The summed E-state index contributed by atoms with van der Waals surface area (Å²) in [5.74, 6) is 1.27. The van der Waals surface area contributed by atoms with Gasteiger partial charge in [-0.2, -0.15) is 4.98 Å². The molecule has 1 fully saturated rings. The van der Waals surface area contributed by atoms with Gasteiger partial charge < -0.3 is 14.6 Å². The van der Waals surface area contributed by atoms with E-state index in [0.717, 1.165) is 18.5 Å². The number of nitrogens with zero attached hydrogens (tertiary/aromatic N) is 2. The Kier molecular flexibility index (Phi) is 3.31. The number of aromatic nitrogens is 2. The van der Waals surface area contributed by atoms with Gasteiger partial charge in [-0.3, -0.25) is 0 Å². The average Bonchev–Trinajstić information content (AvgIpc) is 3.08. The Bertz CT molecular complexity index is 550. The summed E-state index contributed by atoms with van der Waals surface area (Å²) in [7, 11) is 1.72. The zero-order valence-corrected chi connectivity index (χ0v) is 11.1. The van der Waals surface area contributed by atoms with Crippen LogP contribution in [0.4, 0.5) is 0 Å². The normalized spacial score (nSPS) is 22.8. The molecule has 1 aromatic heterocycles. The van der Waals surface area contributed by atoms with Crippen LogP contribution in [-0.4, -0.2) is 29.9 Å². The number of methoxy groups -OCH3 is 1. The van der Waals surface area contributed by atoms with Gasteiger partial charge in [0, 0.05) is 19.2 Å². The molecule has 0 saturated carbocycles. The summed E-state index contributed by atoms with van der Waals surface area (Å²) < 4.78 is 10.7. The van der Waals surface area contributed by atoms with Gasteiger partial charge in [0.2, 0.25) is 11.7 Å². The number of hydrogen-bond acceptors (Lipinski definition) is 5. The first-order valence-corrected chi connectivity index (χ1v) is 6.43. The maximum atomic E-state index is 5.35. The van der Waals surface area contributed by atoms with Crippen molar-refractivity contribution in [1.29, 1.82) is 0 Å². The summed E-state index contributed by atoms with van der Waals surface area (Å²) in [4.78, 5) is 4.47. The quantitative estimate of drug-likeness (QED) is 0.914. The van der Waals surface area contributed by atoms with Crippen molar-refractivity contribution >= 4 is 0 Å². The number of hydrogen-bond donors (Lipinski definition) is 1. The molecule has 0 aliphatic carbocycles. The fraction of sp³-hybridized carbons (Fsp3) is 0.429. The fourth-order valence-electron chi connectivity index (χ4n) is 2.27. The molecule has 5 nitrogen and oxygen atoms in total. The Hall–Kier alpha value is -1.72.